The third-order valence-electron chi connectivity index (χ3n) is 7.63. The van der Waals surface area contributed by atoms with Gasteiger partial charge in [0.05, 0.1) is 17.4 Å². The number of carbonyl (C=O) groups excluding carboxylic acids is 1. The van der Waals surface area contributed by atoms with Crippen LogP contribution in [0.25, 0.3) is 10.9 Å². The number of aromatic nitrogens is 1. The van der Waals surface area contributed by atoms with Crippen molar-refractivity contribution in [3.05, 3.63) is 35.0 Å². The van der Waals surface area contributed by atoms with E-state index in [0.29, 0.717) is 42.4 Å². The lowest BCUT2D eigenvalue weighted by Gasteiger charge is -2.33. The van der Waals surface area contributed by atoms with Crippen LogP contribution < -0.4 is 0 Å². The smallest absolute Gasteiger partial charge is 0.253 e. The van der Waals surface area contributed by atoms with Gasteiger partial charge in [0, 0.05) is 42.9 Å². The van der Waals surface area contributed by atoms with Gasteiger partial charge in [-0.1, -0.05) is 0 Å². The van der Waals surface area contributed by atoms with Gasteiger partial charge in [-0.25, -0.2) is 12.4 Å². The highest BCUT2D eigenvalue weighted by Gasteiger charge is 2.34. The van der Waals surface area contributed by atoms with Gasteiger partial charge < -0.3 is 14.7 Å². The predicted molar refractivity (Wildman–Crippen MR) is 122 cm³/mol. The van der Waals surface area contributed by atoms with E-state index in [2.05, 4.69) is 0 Å². The SMILES string of the molecule is CCS(=O)(=O)n1c2c(c3cc(C(=O)N4CC[C@H](O)C4)ccc31)CC(C1CCOCC1)CC2. The Bertz CT molecular complexity index is 1130. The molecule has 1 amide bonds. The summed E-state index contributed by atoms with van der Waals surface area (Å²) < 4.78 is 33.2. The number of β-amino-alcohol motifs (C(OH)–C–C–N with tert-alkyl or cyclic N) is 1. The van der Waals surface area contributed by atoms with Gasteiger partial charge in [0.2, 0.25) is 10.0 Å². The van der Waals surface area contributed by atoms with Crippen LogP contribution in [0.4, 0.5) is 0 Å². The molecule has 1 N–H and O–H groups in total. The molecule has 3 aliphatic rings. The number of hydrogen-bond acceptors (Lipinski definition) is 5. The van der Waals surface area contributed by atoms with Crippen LogP contribution in [0.5, 0.6) is 0 Å². The van der Waals surface area contributed by atoms with E-state index in [0.717, 1.165) is 62.0 Å². The second-order valence-electron chi connectivity index (χ2n) is 9.47. The Labute approximate surface area is 189 Å². The highest BCUT2D eigenvalue weighted by molar-refractivity contribution is 7.90. The van der Waals surface area contributed by atoms with Crippen molar-refractivity contribution in [2.45, 2.75) is 51.6 Å². The van der Waals surface area contributed by atoms with Crippen molar-refractivity contribution in [3.63, 3.8) is 0 Å². The standard InChI is InChI=1S/C24H32N2O5S/c1-2-32(29,30)26-22-5-3-17(16-8-11-31-12-9-16)13-20(22)21-14-18(4-6-23(21)26)24(28)25-10-7-19(27)15-25/h4,6,14,16-17,19,27H,2-3,5,7-13,15H2,1H3/t17?,19-/m0/s1. The Kier molecular flexibility index (Phi) is 5.80. The Balaban J connectivity index is 1.58. The zero-order chi connectivity index (χ0) is 22.5. The van der Waals surface area contributed by atoms with Crippen LogP contribution >= 0.6 is 0 Å². The molecule has 7 nitrogen and oxygen atoms in total. The van der Waals surface area contributed by atoms with Crippen LogP contribution in [0.1, 0.15) is 54.2 Å². The fraction of sp³-hybridized carbons (Fsp3) is 0.625. The Morgan fingerprint density at radius 3 is 2.62 bits per heavy atom. The molecule has 174 valence electrons. The van der Waals surface area contributed by atoms with E-state index in [-0.39, 0.29) is 11.7 Å². The van der Waals surface area contributed by atoms with Gasteiger partial charge in [-0.15, -0.1) is 0 Å². The van der Waals surface area contributed by atoms with E-state index in [4.69, 9.17) is 4.74 Å². The summed E-state index contributed by atoms with van der Waals surface area (Å²) >= 11 is 0. The second-order valence-corrected chi connectivity index (χ2v) is 11.6. The number of fused-ring (bicyclic) bond motifs is 3. The number of amides is 1. The fourth-order valence-electron chi connectivity index (χ4n) is 5.82. The highest BCUT2D eigenvalue weighted by atomic mass is 32.2. The topological polar surface area (TPSA) is 88.8 Å². The quantitative estimate of drug-likeness (QED) is 0.758. The molecule has 0 radical (unpaired) electrons. The molecule has 3 heterocycles. The van der Waals surface area contributed by atoms with Crippen molar-refractivity contribution in [2.75, 3.05) is 32.1 Å². The van der Waals surface area contributed by atoms with Crippen LogP contribution in [-0.4, -0.2) is 66.5 Å². The third-order valence-corrected chi connectivity index (χ3v) is 9.33. The minimum absolute atomic E-state index is 0.0406. The Morgan fingerprint density at radius 1 is 1.16 bits per heavy atom. The molecule has 2 aromatic rings. The molecule has 2 saturated heterocycles. The molecule has 1 aromatic carbocycles. The van der Waals surface area contributed by atoms with E-state index in [1.54, 1.807) is 27.9 Å². The van der Waals surface area contributed by atoms with E-state index in [9.17, 15) is 18.3 Å². The summed E-state index contributed by atoms with van der Waals surface area (Å²) in [6.45, 7) is 4.19. The van der Waals surface area contributed by atoms with E-state index in [1.807, 2.05) is 6.07 Å². The number of hydrogen-bond donors (Lipinski definition) is 1. The van der Waals surface area contributed by atoms with Gasteiger partial charge in [-0.2, -0.15) is 0 Å². The lowest BCUT2D eigenvalue weighted by Crippen LogP contribution is -2.29. The van der Waals surface area contributed by atoms with Gasteiger partial charge in [0.1, 0.15) is 0 Å². The minimum Gasteiger partial charge on any atom is -0.391 e. The van der Waals surface area contributed by atoms with Crippen molar-refractivity contribution in [1.29, 1.82) is 0 Å². The molecule has 2 fully saturated rings. The maximum atomic E-state index is 13.1. The molecule has 5 rings (SSSR count). The van der Waals surface area contributed by atoms with Crippen molar-refractivity contribution in [1.82, 2.24) is 8.87 Å². The summed E-state index contributed by atoms with van der Waals surface area (Å²) in [5.41, 5.74) is 3.23. The van der Waals surface area contributed by atoms with Crippen molar-refractivity contribution in [3.8, 4) is 0 Å². The average Bonchev–Trinajstić information content (AvgIpc) is 3.39. The summed E-state index contributed by atoms with van der Waals surface area (Å²) in [7, 11) is -3.45. The lowest BCUT2D eigenvalue weighted by atomic mass is 9.75. The van der Waals surface area contributed by atoms with E-state index in [1.165, 1.54) is 0 Å². The van der Waals surface area contributed by atoms with Crippen LogP contribution in [-0.2, 0) is 27.6 Å². The molecule has 0 bridgehead atoms. The number of nitrogens with zero attached hydrogens (tertiary/aromatic N) is 2. The summed E-state index contributed by atoms with van der Waals surface area (Å²) in [6.07, 6.45) is 4.84. The number of ether oxygens (including phenoxy) is 1. The summed E-state index contributed by atoms with van der Waals surface area (Å²) in [6, 6.07) is 5.41. The molecule has 1 unspecified atom stereocenters. The molecule has 32 heavy (non-hydrogen) atoms. The van der Waals surface area contributed by atoms with Gasteiger partial charge in [-0.3, -0.25) is 4.79 Å². The maximum absolute atomic E-state index is 13.1. The minimum atomic E-state index is -3.45. The van der Waals surface area contributed by atoms with Gasteiger partial charge in [-0.05, 0) is 81.0 Å². The Morgan fingerprint density at radius 2 is 1.94 bits per heavy atom. The zero-order valence-electron chi connectivity index (χ0n) is 18.6. The zero-order valence-corrected chi connectivity index (χ0v) is 19.4. The van der Waals surface area contributed by atoms with Crippen LogP contribution in [0.3, 0.4) is 0 Å². The molecular formula is C24H32N2O5S. The van der Waals surface area contributed by atoms with Crippen LogP contribution in [0, 0.1) is 11.8 Å². The molecule has 8 heteroatoms. The van der Waals surface area contributed by atoms with Crippen molar-refractivity contribution < 1.29 is 23.1 Å². The number of carbonyl (C=O) groups is 1. The predicted octanol–water partition coefficient (Wildman–Crippen LogP) is 2.58. The largest absolute Gasteiger partial charge is 0.391 e. The summed E-state index contributed by atoms with van der Waals surface area (Å²) in [5.74, 6) is 1.07. The van der Waals surface area contributed by atoms with Crippen LogP contribution in [0.15, 0.2) is 18.2 Å². The number of aliphatic hydroxyl groups is 1. The number of benzene rings is 1. The average molecular weight is 461 g/mol. The lowest BCUT2D eigenvalue weighted by molar-refractivity contribution is 0.0439. The van der Waals surface area contributed by atoms with Crippen LogP contribution in [0.2, 0.25) is 0 Å². The second kappa shape index (κ2) is 8.47. The number of rotatable bonds is 4. The molecule has 2 aliphatic heterocycles. The normalized spacial score (nSPS) is 24.8. The van der Waals surface area contributed by atoms with Crippen molar-refractivity contribution in [2.24, 2.45) is 11.8 Å². The molecular weight excluding hydrogens is 428 g/mol. The van der Waals surface area contributed by atoms with Gasteiger partial charge in [0.15, 0.2) is 0 Å². The number of likely N-dealkylation sites (tertiary alicyclic amines) is 1. The molecule has 0 saturated carbocycles. The van der Waals surface area contributed by atoms with Gasteiger partial charge in [0.25, 0.3) is 5.91 Å². The fourth-order valence-corrected chi connectivity index (χ4v) is 7.08. The first kappa shape index (κ1) is 21.9. The van der Waals surface area contributed by atoms with Crippen molar-refractivity contribution >= 4 is 26.8 Å². The van der Waals surface area contributed by atoms with Gasteiger partial charge >= 0.3 is 0 Å². The molecule has 0 spiro atoms. The summed E-state index contributed by atoms with van der Waals surface area (Å²) in [5, 5.41) is 10.7. The van der Waals surface area contributed by atoms with E-state index < -0.39 is 16.1 Å². The maximum Gasteiger partial charge on any atom is 0.253 e. The summed E-state index contributed by atoms with van der Waals surface area (Å²) in [4.78, 5) is 14.7. The molecule has 1 aromatic heterocycles. The molecule has 1 aliphatic carbocycles. The highest BCUT2D eigenvalue weighted by Crippen LogP contribution is 2.40. The first-order chi connectivity index (χ1) is 15.4. The first-order valence-corrected chi connectivity index (χ1v) is 13.4. The molecule has 2 atom stereocenters. The Hall–Kier alpha value is -1.90. The monoisotopic (exact) mass is 460 g/mol. The first-order valence-electron chi connectivity index (χ1n) is 11.8. The third kappa shape index (κ3) is 3.76. The number of aliphatic hydroxyl groups excluding tert-OH is 1. The van der Waals surface area contributed by atoms with E-state index >= 15 is 0 Å².